The molecule has 2 nitrogen and oxygen atoms in total. The van der Waals surface area contributed by atoms with Gasteiger partial charge < -0.3 is 4.74 Å². The Morgan fingerprint density at radius 1 is 1.06 bits per heavy atom. The number of hydrogen-bond acceptors (Lipinski definition) is 3. The van der Waals surface area contributed by atoms with Crippen LogP contribution in [0.25, 0.3) is 0 Å². The molecular weight excluding hydrogens is 244 g/mol. The van der Waals surface area contributed by atoms with Crippen LogP contribution in [0.4, 0.5) is 0 Å². The predicted molar refractivity (Wildman–Crippen MR) is 75.1 cm³/mol. The number of methoxy groups -OCH3 is 1. The van der Waals surface area contributed by atoms with Crippen molar-refractivity contribution < 1.29 is 9.53 Å². The van der Waals surface area contributed by atoms with E-state index in [1.54, 1.807) is 6.07 Å². The molecule has 0 saturated carbocycles. The molecule has 0 aliphatic heterocycles. The van der Waals surface area contributed by atoms with Gasteiger partial charge in [0, 0.05) is 0 Å². The summed E-state index contributed by atoms with van der Waals surface area (Å²) in [6.07, 6.45) is 0. The van der Waals surface area contributed by atoms with Crippen molar-refractivity contribution in [2.45, 2.75) is 5.25 Å². The molecule has 0 aliphatic carbocycles. The summed E-state index contributed by atoms with van der Waals surface area (Å²) in [5.74, 6) is -0.333. The Morgan fingerprint density at radius 3 is 2.33 bits per heavy atom. The molecule has 1 unspecified atom stereocenters. The first-order chi connectivity index (χ1) is 8.74. The van der Waals surface area contributed by atoms with Crippen LogP contribution in [0.3, 0.4) is 0 Å². The zero-order valence-corrected chi connectivity index (χ0v) is 10.9. The number of thiol groups is 1. The van der Waals surface area contributed by atoms with Crippen molar-refractivity contribution >= 4 is 18.6 Å². The van der Waals surface area contributed by atoms with Crippen LogP contribution in [0.1, 0.15) is 26.7 Å². The number of carbonyl (C=O) groups is 1. The van der Waals surface area contributed by atoms with E-state index in [0.29, 0.717) is 5.56 Å². The highest BCUT2D eigenvalue weighted by Gasteiger charge is 2.17. The SMILES string of the molecule is COC(=O)c1ccccc1C(S)c1ccccc1. The van der Waals surface area contributed by atoms with Gasteiger partial charge in [0.1, 0.15) is 0 Å². The number of carbonyl (C=O) groups excluding carboxylic acids is 1. The average molecular weight is 258 g/mol. The summed E-state index contributed by atoms with van der Waals surface area (Å²) in [6.45, 7) is 0. The minimum absolute atomic E-state index is 0.138. The van der Waals surface area contributed by atoms with Gasteiger partial charge in [-0.15, -0.1) is 0 Å². The van der Waals surface area contributed by atoms with Gasteiger partial charge in [0.25, 0.3) is 0 Å². The van der Waals surface area contributed by atoms with Crippen molar-refractivity contribution in [2.24, 2.45) is 0 Å². The highest BCUT2D eigenvalue weighted by molar-refractivity contribution is 7.80. The molecule has 0 fully saturated rings. The van der Waals surface area contributed by atoms with Crippen molar-refractivity contribution in [2.75, 3.05) is 7.11 Å². The Balaban J connectivity index is 2.42. The first kappa shape index (κ1) is 12.7. The van der Waals surface area contributed by atoms with Crippen LogP contribution in [0.2, 0.25) is 0 Å². The highest BCUT2D eigenvalue weighted by Crippen LogP contribution is 2.30. The quantitative estimate of drug-likeness (QED) is 0.673. The third-order valence-corrected chi connectivity index (χ3v) is 3.35. The lowest BCUT2D eigenvalue weighted by molar-refractivity contribution is 0.0599. The second-order valence-electron chi connectivity index (χ2n) is 3.89. The minimum atomic E-state index is -0.333. The van der Waals surface area contributed by atoms with Gasteiger partial charge >= 0.3 is 5.97 Å². The molecule has 18 heavy (non-hydrogen) atoms. The van der Waals surface area contributed by atoms with E-state index in [2.05, 4.69) is 12.6 Å². The summed E-state index contributed by atoms with van der Waals surface area (Å²) in [6, 6.07) is 17.2. The topological polar surface area (TPSA) is 26.3 Å². The third-order valence-electron chi connectivity index (χ3n) is 2.78. The van der Waals surface area contributed by atoms with E-state index in [0.717, 1.165) is 11.1 Å². The number of benzene rings is 2. The van der Waals surface area contributed by atoms with E-state index in [4.69, 9.17) is 4.74 Å². The van der Waals surface area contributed by atoms with Gasteiger partial charge in [0.05, 0.1) is 17.9 Å². The van der Waals surface area contributed by atoms with Crippen molar-refractivity contribution in [1.29, 1.82) is 0 Å². The summed E-state index contributed by atoms with van der Waals surface area (Å²) in [4.78, 5) is 11.7. The monoisotopic (exact) mass is 258 g/mol. The van der Waals surface area contributed by atoms with Gasteiger partial charge in [-0.3, -0.25) is 0 Å². The first-order valence-corrected chi connectivity index (χ1v) is 6.16. The molecule has 0 N–H and O–H groups in total. The van der Waals surface area contributed by atoms with Crippen LogP contribution in [0, 0.1) is 0 Å². The highest BCUT2D eigenvalue weighted by atomic mass is 32.1. The van der Waals surface area contributed by atoms with Gasteiger partial charge in [-0.05, 0) is 17.2 Å². The molecule has 92 valence electrons. The lowest BCUT2D eigenvalue weighted by atomic mass is 9.99. The fraction of sp³-hybridized carbons (Fsp3) is 0.133. The van der Waals surface area contributed by atoms with Crippen LogP contribution < -0.4 is 0 Å². The fourth-order valence-corrected chi connectivity index (χ4v) is 2.24. The van der Waals surface area contributed by atoms with Crippen molar-refractivity contribution in [3.05, 3.63) is 71.3 Å². The zero-order chi connectivity index (χ0) is 13.0. The number of hydrogen-bond donors (Lipinski definition) is 1. The van der Waals surface area contributed by atoms with E-state index in [1.807, 2.05) is 48.5 Å². The smallest absolute Gasteiger partial charge is 0.338 e. The number of esters is 1. The predicted octanol–water partition coefficient (Wildman–Crippen LogP) is 3.49. The molecule has 0 amide bonds. The molecule has 0 radical (unpaired) electrons. The van der Waals surface area contributed by atoms with Crippen LogP contribution in [-0.4, -0.2) is 13.1 Å². The van der Waals surface area contributed by atoms with E-state index >= 15 is 0 Å². The minimum Gasteiger partial charge on any atom is -0.465 e. The van der Waals surface area contributed by atoms with Crippen LogP contribution in [-0.2, 0) is 4.74 Å². The molecule has 2 aromatic rings. The largest absolute Gasteiger partial charge is 0.465 e. The zero-order valence-electron chi connectivity index (χ0n) is 10.0. The van der Waals surface area contributed by atoms with Gasteiger partial charge in [-0.2, -0.15) is 12.6 Å². The Hall–Kier alpha value is -1.74. The maximum atomic E-state index is 11.7. The van der Waals surface area contributed by atoms with Crippen molar-refractivity contribution in [1.82, 2.24) is 0 Å². The second kappa shape index (κ2) is 5.74. The molecule has 1 atom stereocenters. The van der Waals surface area contributed by atoms with Gasteiger partial charge in [0.2, 0.25) is 0 Å². The normalized spacial score (nSPS) is 11.9. The molecule has 0 bridgehead atoms. The molecule has 0 heterocycles. The summed E-state index contributed by atoms with van der Waals surface area (Å²) in [5.41, 5.74) is 2.47. The Morgan fingerprint density at radius 2 is 1.67 bits per heavy atom. The van der Waals surface area contributed by atoms with Crippen molar-refractivity contribution in [3.63, 3.8) is 0 Å². The summed E-state index contributed by atoms with van der Waals surface area (Å²) in [7, 11) is 1.38. The molecule has 3 heteroatoms. The molecule has 2 rings (SSSR count). The van der Waals surface area contributed by atoms with E-state index in [1.165, 1.54) is 7.11 Å². The lowest BCUT2D eigenvalue weighted by Gasteiger charge is -2.14. The number of rotatable bonds is 3. The molecule has 0 saturated heterocycles. The van der Waals surface area contributed by atoms with E-state index < -0.39 is 0 Å². The molecule has 0 spiro atoms. The second-order valence-corrected chi connectivity index (χ2v) is 4.41. The first-order valence-electron chi connectivity index (χ1n) is 5.64. The Kier molecular flexibility index (Phi) is 4.05. The van der Waals surface area contributed by atoms with E-state index in [9.17, 15) is 4.79 Å². The Bertz CT molecular complexity index is 537. The number of ether oxygens (including phenoxy) is 1. The maximum Gasteiger partial charge on any atom is 0.338 e. The summed E-state index contributed by atoms with van der Waals surface area (Å²) in [5, 5.41) is -0.138. The molecular formula is C15H14O2S. The van der Waals surface area contributed by atoms with Crippen LogP contribution in [0.5, 0.6) is 0 Å². The molecule has 2 aromatic carbocycles. The summed E-state index contributed by atoms with van der Waals surface area (Å²) >= 11 is 4.60. The molecule has 0 aliphatic rings. The Labute approximate surface area is 112 Å². The fourth-order valence-electron chi connectivity index (χ4n) is 1.85. The van der Waals surface area contributed by atoms with Gasteiger partial charge in [-0.1, -0.05) is 48.5 Å². The van der Waals surface area contributed by atoms with Gasteiger partial charge in [-0.25, -0.2) is 4.79 Å². The van der Waals surface area contributed by atoms with Crippen molar-refractivity contribution in [3.8, 4) is 0 Å². The molecule has 0 aromatic heterocycles. The third kappa shape index (κ3) is 2.57. The standard InChI is InChI=1S/C15H14O2S/c1-17-15(16)13-10-6-5-9-12(13)14(18)11-7-3-2-4-8-11/h2-10,14,18H,1H3. The average Bonchev–Trinajstić information content (AvgIpc) is 2.46. The van der Waals surface area contributed by atoms with E-state index in [-0.39, 0.29) is 11.2 Å². The van der Waals surface area contributed by atoms with Crippen LogP contribution in [0.15, 0.2) is 54.6 Å². The maximum absolute atomic E-state index is 11.7. The lowest BCUT2D eigenvalue weighted by Crippen LogP contribution is -2.07. The van der Waals surface area contributed by atoms with Crippen LogP contribution >= 0.6 is 12.6 Å². The van der Waals surface area contributed by atoms with Gasteiger partial charge in [0.15, 0.2) is 0 Å². The summed E-state index contributed by atoms with van der Waals surface area (Å²) < 4.78 is 4.79.